The lowest BCUT2D eigenvalue weighted by Crippen LogP contribution is -2.13. The molecule has 0 fully saturated rings. The van der Waals surface area contributed by atoms with E-state index < -0.39 is 5.91 Å². The normalized spacial score (nSPS) is 11.4. The quantitative estimate of drug-likeness (QED) is 0.474. The first-order valence-corrected chi connectivity index (χ1v) is 9.38. The molecule has 5 aromatic rings. The number of hydrogen-bond donors (Lipinski definition) is 1. The van der Waals surface area contributed by atoms with E-state index in [0.717, 1.165) is 22.2 Å². The summed E-state index contributed by atoms with van der Waals surface area (Å²) in [6.45, 7) is 1.84. The lowest BCUT2D eigenvalue weighted by Gasteiger charge is -1.99. The number of furan rings is 1. The monoisotopic (exact) mass is 392 g/mol. The zero-order chi connectivity index (χ0) is 19.3. The Hall–Kier alpha value is -3.52. The van der Waals surface area contributed by atoms with Crippen LogP contribution in [0.25, 0.3) is 27.2 Å². The Morgan fingerprint density at radius 2 is 1.96 bits per heavy atom. The van der Waals surface area contributed by atoms with Gasteiger partial charge in [-0.05, 0) is 37.3 Å². The maximum atomic E-state index is 13.2. The average molecular weight is 392 g/mol. The molecule has 0 aliphatic rings. The maximum Gasteiger partial charge on any atom is 0.294 e. The van der Waals surface area contributed by atoms with E-state index in [1.54, 1.807) is 16.6 Å². The van der Waals surface area contributed by atoms with Gasteiger partial charge in [-0.3, -0.25) is 10.1 Å². The molecular formula is C20H13FN4O2S. The largest absolute Gasteiger partial charge is 0.451 e. The first kappa shape index (κ1) is 16.6. The molecule has 1 amide bonds. The minimum Gasteiger partial charge on any atom is -0.451 e. The van der Waals surface area contributed by atoms with E-state index in [1.165, 1.54) is 23.5 Å². The third kappa shape index (κ3) is 2.66. The molecule has 3 aromatic heterocycles. The van der Waals surface area contributed by atoms with E-state index >= 15 is 0 Å². The van der Waals surface area contributed by atoms with Crippen LogP contribution in [0.3, 0.4) is 0 Å². The van der Waals surface area contributed by atoms with Crippen molar-refractivity contribution in [3.8, 4) is 11.3 Å². The fourth-order valence-electron chi connectivity index (χ4n) is 3.10. The summed E-state index contributed by atoms with van der Waals surface area (Å²) in [5, 5.41) is 9.84. The zero-order valence-corrected chi connectivity index (χ0v) is 15.5. The Morgan fingerprint density at radius 3 is 2.75 bits per heavy atom. The van der Waals surface area contributed by atoms with Gasteiger partial charge in [0.05, 0.1) is 5.69 Å². The summed E-state index contributed by atoms with van der Waals surface area (Å²) in [5.74, 6) is -0.295. The van der Waals surface area contributed by atoms with Crippen molar-refractivity contribution < 1.29 is 13.6 Å². The average Bonchev–Trinajstić information content (AvgIpc) is 3.36. The van der Waals surface area contributed by atoms with Crippen molar-refractivity contribution in [2.45, 2.75) is 6.92 Å². The summed E-state index contributed by atoms with van der Waals surface area (Å²) < 4.78 is 20.5. The maximum absolute atomic E-state index is 13.2. The SMILES string of the molecule is Cc1c(C(=O)Nc2nc3scc(-c4ccc(F)cc4)n3n2)oc2ccccc12. The number of amides is 1. The molecule has 0 aliphatic carbocycles. The molecule has 6 nitrogen and oxygen atoms in total. The van der Waals surface area contributed by atoms with Crippen LogP contribution in [-0.2, 0) is 0 Å². The molecule has 8 heteroatoms. The molecule has 138 valence electrons. The number of aromatic nitrogens is 3. The predicted octanol–water partition coefficient (Wildman–Crippen LogP) is 4.90. The van der Waals surface area contributed by atoms with Gasteiger partial charge in [0.2, 0.25) is 4.96 Å². The van der Waals surface area contributed by atoms with Crippen LogP contribution in [0.2, 0.25) is 0 Å². The van der Waals surface area contributed by atoms with E-state index in [9.17, 15) is 9.18 Å². The van der Waals surface area contributed by atoms with Crippen LogP contribution in [0, 0.1) is 12.7 Å². The van der Waals surface area contributed by atoms with E-state index in [-0.39, 0.29) is 17.5 Å². The van der Waals surface area contributed by atoms with Crippen molar-refractivity contribution >= 4 is 39.1 Å². The zero-order valence-electron chi connectivity index (χ0n) is 14.6. The number of rotatable bonds is 3. The molecule has 0 radical (unpaired) electrons. The minimum atomic E-state index is -0.407. The molecule has 1 N–H and O–H groups in total. The molecule has 3 heterocycles. The molecule has 0 atom stereocenters. The second-order valence-corrected chi connectivity index (χ2v) is 7.10. The van der Waals surface area contributed by atoms with Crippen LogP contribution >= 0.6 is 11.3 Å². The Balaban J connectivity index is 1.47. The third-order valence-corrected chi connectivity index (χ3v) is 5.31. The van der Waals surface area contributed by atoms with E-state index in [4.69, 9.17) is 4.42 Å². The summed E-state index contributed by atoms with van der Waals surface area (Å²) in [4.78, 5) is 17.6. The van der Waals surface area contributed by atoms with Crippen molar-refractivity contribution in [3.05, 3.63) is 71.1 Å². The molecule has 5 rings (SSSR count). The Labute approximate surface area is 162 Å². The van der Waals surface area contributed by atoms with Gasteiger partial charge in [0, 0.05) is 21.9 Å². The van der Waals surface area contributed by atoms with Gasteiger partial charge in [-0.15, -0.1) is 16.4 Å². The van der Waals surface area contributed by atoms with Gasteiger partial charge < -0.3 is 4.42 Å². The highest BCUT2D eigenvalue weighted by atomic mass is 32.1. The van der Waals surface area contributed by atoms with Gasteiger partial charge >= 0.3 is 0 Å². The number of benzene rings is 2. The summed E-state index contributed by atoms with van der Waals surface area (Å²) in [6, 6.07) is 13.6. The molecule has 0 spiro atoms. The van der Waals surface area contributed by atoms with Gasteiger partial charge in [0.1, 0.15) is 11.4 Å². The number of nitrogens with one attached hydrogen (secondary N) is 1. The second-order valence-electron chi connectivity index (χ2n) is 6.26. The number of hydrogen-bond acceptors (Lipinski definition) is 5. The highest BCUT2D eigenvalue weighted by molar-refractivity contribution is 7.15. The van der Waals surface area contributed by atoms with Gasteiger partial charge in [-0.2, -0.15) is 4.98 Å². The molecule has 28 heavy (non-hydrogen) atoms. The topological polar surface area (TPSA) is 72.4 Å². The number of anilines is 1. The fourth-order valence-corrected chi connectivity index (χ4v) is 3.93. The van der Waals surface area contributed by atoms with E-state index in [2.05, 4.69) is 15.4 Å². The van der Waals surface area contributed by atoms with Crippen molar-refractivity contribution in [1.29, 1.82) is 0 Å². The number of nitrogens with zero attached hydrogens (tertiary/aromatic N) is 3. The van der Waals surface area contributed by atoms with Gasteiger partial charge in [-0.1, -0.05) is 18.2 Å². The Bertz CT molecular complexity index is 1330. The van der Waals surface area contributed by atoms with Gasteiger partial charge in [0.15, 0.2) is 5.76 Å². The number of thiazole rings is 1. The standard InChI is InChI=1S/C20H13FN4O2S/c1-11-14-4-2-3-5-16(14)27-17(11)18(26)22-19-23-20-25(24-19)15(10-28-20)12-6-8-13(21)9-7-12/h2-10H,1H3,(H,22,24,26). The van der Waals surface area contributed by atoms with Crippen molar-refractivity contribution in [2.75, 3.05) is 5.32 Å². The molecule has 0 saturated carbocycles. The van der Waals surface area contributed by atoms with Crippen molar-refractivity contribution in [2.24, 2.45) is 0 Å². The second kappa shape index (κ2) is 6.28. The fraction of sp³-hybridized carbons (Fsp3) is 0.0500. The van der Waals surface area contributed by atoms with Crippen LogP contribution < -0.4 is 5.32 Å². The molecule has 0 bridgehead atoms. The number of aryl methyl sites for hydroxylation is 1. The van der Waals surface area contributed by atoms with Crippen LogP contribution in [-0.4, -0.2) is 20.5 Å². The summed E-state index contributed by atoms with van der Waals surface area (Å²) >= 11 is 1.38. The Morgan fingerprint density at radius 1 is 1.18 bits per heavy atom. The Kier molecular flexibility index (Phi) is 3.73. The molecule has 2 aromatic carbocycles. The number of carbonyl (C=O) groups excluding carboxylic acids is 1. The summed E-state index contributed by atoms with van der Waals surface area (Å²) in [6.07, 6.45) is 0. The van der Waals surface area contributed by atoms with Crippen molar-refractivity contribution in [1.82, 2.24) is 14.6 Å². The molecule has 0 unspecified atom stereocenters. The third-order valence-electron chi connectivity index (χ3n) is 4.50. The molecular weight excluding hydrogens is 379 g/mol. The van der Waals surface area contributed by atoms with Crippen LogP contribution in [0.1, 0.15) is 16.1 Å². The highest BCUT2D eigenvalue weighted by Crippen LogP contribution is 2.27. The number of para-hydroxylation sites is 1. The van der Waals surface area contributed by atoms with Crippen LogP contribution in [0.4, 0.5) is 10.3 Å². The summed E-state index contributed by atoms with van der Waals surface area (Å²) in [7, 11) is 0. The lowest BCUT2D eigenvalue weighted by atomic mass is 10.1. The molecule has 0 aliphatic heterocycles. The van der Waals surface area contributed by atoms with E-state index in [0.29, 0.717) is 10.5 Å². The van der Waals surface area contributed by atoms with Crippen molar-refractivity contribution in [3.63, 3.8) is 0 Å². The molecule has 0 saturated heterocycles. The van der Waals surface area contributed by atoms with Crippen LogP contribution in [0.5, 0.6) is 0 Å². The lowest BCUT2D eigenvalue weighted by molar-refractivity contribution is 0.0997. The predicted molar refractivity (Wildman–Crippen MR) is 105 cm³/mol. The highest BCUT2D eigenvalue weighted by Gasteiger charge is 2.20. The van der Waals surface area contributed by atoms with E-state index in [1.807, 2.05) is 36.6 Å². The smallest absolute Gasteiger partial charge is 0.294 e. The number of fused-ring (bicyclic) bond motifs is 2. The number of halogens is 1. The first-order valence-electron chi connectivity index (χ1n) is 8.50. The van der Waals surface area contributed by atoms with Gasteiger partial charge in [0.25, 0.3) is 11.9 Å². The summed E-state index contributed by atoms with van der Waals surface area (Å²) in [5.41, 5.74) is 3.00. The van der Waals surface area contributed by atoms with Gasteiger partial charge in [-0.25, -0.2) is 8.91 Å². The first-order chi connectivity index (χ1) is 13.6. The van der Waals surface area contributed by atoms with Crippen LogP contribution in [0.15, 0.2) is 58.3 Å². The number of carbonyl (C=O) groups is 1. The minimum absolute atomic E-state index is 0.181.